The van der Waals surface area contributed by atoms with Crippen LogP contribution in [0.1, 0.15) is 173 Å². The van der Waals surface area contributed by atoms with E-state index in [9.17, 15) is 14.7 Å². The van der Waals surface area contributed by atoms with E-state index in [-0.39, 0.29) is 48.2 Å². The normalized spacial score (nSPS) is 40.1. The van der Waals surface area contributed by atoms with Crippen LogP contribution in [0.2, 0.25) is 0 Å². The lowest BCUT2D eigenvalue weighted by molar-refractivity contribution is -0.158. The van der Waals surface area contributed by atoms with E-state index >= 15 is 4.39 Å². The number of hydrogen-bond donors (Lipinski definition) is 1. The second-order valence-corrected chi connectivity index (χ2v) is 20.1. The third-order valence-electron chi connectivity index (χ3n) is 16.7. The molecule has 7 heteroatoms. The molecule has 0 saturated heterocycles. The topological polar surface area (TPSA) is 82.1 Å². The molecule has 0 aromatic rings. The van der Waals surface area contributed by atoms with Crippen molar-refractivity contribution in [3.8, 4) is 48.1 Å². The maximum absolute atomic E-state index is 15.4. The number of hydrogen-bond acceptors (Lipinski definition) is 6. The van der Waals surface area contributed by atoms with E-state index in [1.165, 1.54) is 0 Å². The Balaban J connectivity index is 0.755. The highest BCUT2D eigenvalue weighted by Crippen LogP contribution is 2.48. The summed E-state index contributed by atoms with van der Waals surface area (Å²) in [5.41, 5.74) is 0. The zero-order valence-electron chi connectivity index (χ0n) is 35.7. The molecule has 7 fully saturated rings. The minimum Gasteiger partial charge on any atom is -0.462 e. The molecule has 1 N–H and O–H groups in total. The number of rotatable bonds is 9. The molecule has 6 nitrogen and oxygen atoms in total. The molecule has 0 aromatic heterocycles. The Labute approximate surface area is 355 Å². The van der Waals surface area contributed by atoms with Crippen molar-refractivity contribution < 1.29 is 33.3 Å². The first-order valence-electron chi connectivity index (χ1n) is 24.2. The SMILES string of the molecule is C#CC#CC#CC#COC1CCC(C2CCC(C(=O)OC3CCC(C4CC(F)CC(C5CCC(OC(=O)C6CCC(C7CCC(O)CC7)CC6)CC5)C4)CC3)CC2)CC1. The van der Waals surface area contributed by atoms with Gasteiger partial charge in [0, 0.05) is 17.8 Å². The lowest BCUT2D eigenvalue weighted by Gasteiger charge is -2.43. The van der Waals surface area contributed by atoms with Gasteiger partial charge in [-0.3, -0.25) is 9.59 Å². The molecule has 0 aromatic carbocycles. The maximum Gasteiger partial charge on any atom is 0.309 e. The Bertz CT molecular complexity index is 1580. The number of carbonyl (C=O) groups is 2. The molecule has 0 aliphatic heterocycles. The maximum atomic E-state index is 15.4. The Morgan fingerprint density at radius 2 is 0.797 bits per heavy atom. The minimum absolute atomic E-state index is 0.0113. The van der Waals surface area contributed by atoms with Crippen molar-refractivity contribution in [2.75, 3.05) is 0 Å². The van der Waals surface area contributed by atoms with Gasteiger partial charge in [-0.2, -0.15) is 0 Å². The molecule has 7 aliphatic carbocycles. The molecular formula is C52H71FO6. The number of halogens is 1. The van der Waals surface area contributed by atoms with Crippen molar-refractivity contribution >= 4 is 11.9 Å². The van der Waals surface area contributed by atoms with Crippen molar-refractivity contribution in [2.45, 2.75) is 204 Å². The Morgan fingerprint density at radius 3 is 1.24 bits per heavy atom. The number of terminal acetylenes is 1. The van der Waals surface area contributed by atoms with Crippen molar-refractivity contribution in [2.24, 2.45) is 59.2 Å². The van der Waals surface area contributed by atoms with Gasteiger partial charge in [0.15, 0.2) is 0 Å². The molecule has 3 unspecified atom stereocenters. The summed E-state index contributed by atoms with van der Waals surface area (Å²) in [5.74, 6) is 19.9. The fourth-order valence-corrected chi connectivity index (χ4v) is 13.2. The molecule has 7 rings (SSSR count). The quantitative estimate of drug-likeness (QED) is 0.185. The van der Waals surface area contributed by atoms with Gasteiger partial charge in [0.05, 0.1) is 17.9 Å². The van der Waals surface area contributed by atoms with E-state index in [4.69, 9.17) is 20.6 Å². The first-order valence-corrected chi connectivity index (χ1v) is 24.2. The van der Waals surface area contributed by atoms with Crippen LogP contribution in [0.15, 0.2) is 0 Å². The highest BCUT2D eigenvalue weighted by molar-refractivity contribution is 5.73. The summed E-state index contributed by atoms with van der Waals surface area (Å²) in [6.45, 7) is 0. The van der Waals surface area contributed by atoms with Crippen LogP contribution in [0.3, 0.4) is 0 Å². The van der Waals surface area contributed by atoms with Crippen molar-refractivity contribution in [1.29, 1.82) is 0 Å². The summed E-state index contributed by atoms with van der Waals surface area (Å²) < 4.78 is 33.4. The van der Waals surface area contributed by atoms with E-state index < -0.39 is 6.17 Å². The third kappa shape index (κ3) is 12.7. The molecule has 322 valence electrons. The largest absolute Gasteiger partial charge is 0.462 e. The van der Waals surface area contributed by atoms with Gasteiger partial charge in [0.25, 0.3) is 0 Å². The second-order valence-electron chi connectivity index (χ2n) is 20.1. The van der Waals surface area contributed by atoms with Crippen LogP contribution in [-0.2, 0) is 23.8 Å². The number of esters is 2. The standard InChI is InChI=1S/C52H71FO6/c1-2-3-4-5-6-7-32-57-48-26-18-39(19-27-48)37-10-14-43(15-11-37)52(56)59-50-30-22-41(23-31-50)45-33-44(34-46(53)35-45)40-20-28-49(29-21-40)58-51(55)42-12-8-36(9-13-42)38-16-24-47(54)25-17-38/h1,36-50,54H,8-31,33-35H2. The fourth-order valence-electron chi connectivity index (χ4n) is 13.2. The molecule has 7 saturated carbocycles. The molecule has 0 radical (unpaired) electrons. The van der Waals surface area contributed by atoms with E-state index in [2.05, 4.69) is 41.6 Å². The molecule has 0 bridgehead atoms. The zero-order chi connectivity index (χ0) is 41.0. The van der Waals surface area contributed by atoms with E-state index in [0.29, 0.717) is 54.3 Å². The van der Waals surface area contributed by atoms with Gasteiger partial charge in [-0.25, -0.2) is 4.39 Å². The van der Waals surface area contributed by atoms with Crippen LogP contribution in [-0.4, -0.2) is 47.6 Å². The van der Waals surface area contributed by atoms with Gasteiger partial charge in [0.2, 0.25) is 0 Å². The van der Waals surface area contributed by atoms with Crippen molar-refractivity contribution in [3.05, 3.63) is 0 Å². The summed E-state index contributed by atoms with van der Waals surface area (Å²) in [6.07, 6.45) is 34.2. The summed E-state index contributed by atoms with van der Waals surface area (Å²) in [4.78, 5) is 26.5. The van der Waals surface area contributed by atoms with Crippen LogP contribution in [0.5, 0.6) is 0 Å². The molecule has 0 spiro atoms. The minimum atomic E-state index is -0.720. The average Bonchev–Trinajstić information content (AvgIpc) is 3.27. The molecule has 0 heterocycles. The van der Waals surface area contributed by atoms with Gasteiger partial charge in [-0.1, -0.05) is 0 Å². The molecule has 59 heavy (non-hydrogen) atoms. The monoisotopic (exact) mass is 811 g/mol. The predicted octanol–water partition coefficient (Wildman–Crippen LogP) is 10.3. The van der Waals surface area contributed by atoms with Crippen LogP contribution in [0.25, 0.3) is 0 Å². The number of aliphatic hydroxyl groups is 1. The first kappa shape index (κ1) is 43.9. The Kier molecular flexibility index (Phi) is 16.5. The van der Waals surface area contributed by atoms with Crippen molar-refractivity contribution in [3.63, 3.8) is 0 Å². The summed E-state index contributed by atoms with van der Waals surface area (Å²) in [7, 11) is 0. The van der Waals surface area contributed by atoms with Gasteiger partial charge in [-0.15, -0.1) is 6.42 Å². The number of carbonyl (C=O) groups excluding carboxylic acids is 2. The predicted molar refractivity (Wildman–Crippen MR) is 227 cm³/mol. The van der Waals surface area contributed by atoms with Crippen molar-refractivity contribution in [1.82, 2.24) is 0 Å². The van der Waals surface area contributed by atoms with Gasteiger partial charge in [0.1, 0.15) is 30.6 Å². The van der Waals surface area contributed by atoms with E-state index in [1.54, 1.807) is 0 Å². The summed E-state index contributed by atoms with van der Waals surface area (Å²) in [6, 6.07) is 0. The molecular weight excluding hydrogens is 740 g/mol. The van der Waals surface area contributed by atoms with Crippen LogP contribution in [0, 0.1) is 107 Å². The Morgan fingerprint density at radius 1 is 0.441 bits per heavy atom. The summed E-state index contributed by atoms with van der Waals surface area (Å²) >= 11 is 0. The number of aliphatic hydroxyl groups excluding tert-OH is 1. The zero-order valence-corrected chi connectivity index (χ0v) is 35.7. The highest BCUT2D eigenvalue weighted by atomic mass is 19.1. The number of alkyl halides is 1. The molecule has 7 aliphatic rings. The third-order valence-corrected chi connectivity index (χ3v) is 16.7. The fraction of sp³-hybridized carbons (Fsp3) is 0.808. The van der Waals surface area contributed by atoms with Crippen LogP contribution in [0.4, 0.5) is 4.39 Å². The van der Waals surface area contributed by atoms with E-state index in [1.807, 2.05) is 0 Å². The lowest BCUT2D eigenvalue weighted by Crippen LogP contribution is -2.37. The highest BCUT2D eigenvalue weighted by Gasteiger charge is 2.41. The first-order chi connectivity index (χ1) is 28.8. The molecule has 0 amide bonds. The van der Waals surface area contributed by atoms with Crippen LogP contribution >= 0.6 is 0 Å². The Hall–Kier alpha value is -3.13. The van der Waals surface area contributed by atoms with Gasteiger partial charge in [-0.05, 0) is 238 Å². The van der Waals surface area contributed by atoms with Gasteiger partial charge < -0.3 is 19.3 Å². The summed E-state index contributed by atoms with van der Waals surface area (Å²) in [5, 5.41) is 9.89. The lowest BCUT2D eigenvalue weighted by atomic mass is 9.64. The molecule has 3 atom stereocenters. The number of ether oxygens (including phenoxy) is 3. The smallest absolute Gasteiger partial charge is 0.309 e. The van der Waals surface area contributed by atoms with Gasteiger partial charge >= 0.3 is 11.9 Å². The van der Waals surface area contributed by atoms with E-state index in [0.717, 1.165) is 166 Å². The second kappa shape index (κ2) is 22.1. The average molecular weight is 811 g/mol. The van der Waals surface area contributed by atoms with Crippen LogP contribution < -0.4 is 0 Å².